The number of benzene rings is 2. The number of carbonyl (C=O) groups is 2. The maximum absolute atomic E-state index is 11.9. The van der Waals surface area contributed by atoms with Gasteiger partial charge >= 0.3 is 5.97 Å². The summed E-state index contributed by atoms with van der Waals surface area (Å²) < 4.78 is 5.14. The first-order valence-corrected chi connectivity index (χ1v) is 7.00. The molecule has 0 spiro atoms. The molecule has 1 atom stereocenters. The normalized spacial score (nSPS) is 11.9. The number of carboxylic acids is 1. The number of nitrogens with one attached hydrogen (secondary N) is 1. The van der Waals surface area contributed by atoms with Crippen molar-refractivity contribution in [3.63, 3.8) is 0 Å². The molecule has 0 aromatic heterocycles. The van der Waals surface area contributed by atoms with Crippen LogP contribution in [0.4, 0.5) is 0 Å². The molecule has 0 unspecified atom stereocenters. The van der Waals surface area contributed by atoms with Crippen LogP contribution < -0.4 is 10.1 Å². The highest BCUT2D eigenvalue weighted by molar-refractivity contribution is 5.94. The molecule has 0 aliphatic rings. The van der Waals surface area contributed by atoms with Gasteiger partial charge in [-0.3, -0.25) is 4.79 Å². The summed E-state index contributed by atoms with van der Waals surface area (Å²) in [5, 5.41) is 11.4. The van der Waals surface area contributed by atoms with Crippen LogP contribution in [-0.2, 0) is 9.59 Å². The number of hydrogen-bond acceptors (Lipinski definition) is 3. The summed E-state index contributed by atoms with van der Waals surface area (Å²) in [6.45, 7) is 0. The lowest BCUT2D eigenvalue weighted by Crippen LogP contribution is -2.27. The first kappa shape index (κ1) is 16.3. The minimum Gasteiger partial charge on any atom is -0.497 e. The summed E-state index contributed by atoms with van der Waals surface area (Å²) in [7, 11) is 1.59. The van der Waals surface area contributed by atoms with Crippen molar-refractivity contribution in [2.24, 2.45) is 0 Å². The Kier molecular flexibility index (Phi) is 5.52. The van der Waals surface area contributed by atoms with E-state index in [1.165, 1.54) is 0 Å². The van der Waals surface area contributed by atoms with Gasteiger partial charge in [0.2, 0.25) is 5.91 Å². The fourth-order valence-corrected chi connectivity index (χ4v) is 2.14. The molecule has 23 heavy (non-hydrogen) atoms. The first-order chi connectivity index (χ1) is 11.1. The van der Waals surface area contributed by atoms with E-state index in [-0.39, 0.29) is 6.04 Å². The zero-order valence-electron chi connectivity index (χ0n) is 12.6. The topological polar surface area (TPSA) is 75.6 Å². The second kappa shape index (κ2) is 7.79. The molecule has 0 radical (unpaired) electrons. The predicted molar refractivity (Wildman–Crippen MR) is 86.2 cm³/mol. The molecule has 5 heteroatoms. The Morgan fingerprint density at radius 1 is 1.00 bits per heavy atom. The van der Waals surface area contributed by atoms with Crippen molar-refractivity contribution in [1.29, 1.82) is 0 Å². The zero-order chi connectivity index (χ0) is 16.7. The van der Waals surface area contributed by atoms with Gasteiger partial charge in [0, 0.05) is 12.2 Å². The van der Waals surface area contributed by atoms with E-state index in [2.05, 4.69) is 5.32 Å². The number of carbonyl (C=O) groups excluding carboxylic acids is 1. The van der Waals surface area contributed by atoms with Crippen LogP contribution in [0.3, 0.4) is 0 Å². The average molecular weight is 311 g/mol. The summed E-state index contributed by atoms with van der Waals surface area (Å²) in [6.07, 6.45) is 1.81. The van der Waals surface area contributed by atoms with Gasteiger partial charge in [0.15, 0.2) is 0 Å². The number of amides is 1. The standard InChI is InChI=1S/C18H17NO4/c1-23-15-9-7-14(8-10-15)18(13-5-3-2-4-6-13)19-16(20)11-12-17(21)22/h2-12,18H,1H3,(H,19,20)(H,21,22)/b12-11-/t18-/m0/s1. The second-order valence-corrected chi connectivity index (χ2v) is 4.80. The largest absolute Gasteiger partial charge is 0.497 e. The Morgan fingerprint density at radius 3 is 2.17 bits per heavy atom. The van der Waals surface area contributed by atoms with Crippen LogP contribution in [0.25, 0.3) is 0 Å². The van der Waals surface area contributed by atoms with Crippen molar-refractivity contribution in [3.8, 4) is 5.75 Å². The van der Waals surface area contributed by atoms with Crippen molar-refractivity contribution in [3.05, 3.63) is 77.9 Å². The number of methoxy groups -OCH3 is 1. The van der Waals surface area contributed by atoms with Crippen LogP contribution in [0.1, 0.15) is 17.2 Å². The predicted octanol–water partition coefficient (Wildman–Crippen LogP) is 2.54. The number of ether oxygens (including phenoxy) is 1. The van der Waals surface area contributed by atoms with Crippen molar-refractivity contribution in [2.45, 2.75) is 6.04 Å². The molecule has 0 aliphatic carbocycles. The summed E-state index contributed by atoms with van der Waals surface area (Å²) in [5.41, 5.74) is 1.77. The minimum atomic E-state index is -1.17. The van der Waals surface area contributed by atoms with Gasteiger partial charge in [-0.05, 0) is 23.3 Å². The second-order valence-electron chi connectivity index (χ2n) is 4.80. The van der Waals surface area contributed by atoms with Gasteiger partial charge in [-0.25, -0.2) is 4.79 Å². The zero-order valence-corrected chi connectivity index (χ0v) is 12.6. The Morgan fingerprint density at radius 2 is 1.61 bits per heavy atom. The lowest BCUT2D eigenvalue weighted by Gasteiger charge is -2.19. The highest BCUT2D eigenvalue weighted by atomic mass is 16.5. The molecule has 0 bridgehead atoms. The van der Waals surface area contributed by atoms with E-state index in [4.69, 9.17) is 9.84 Å². The molecule has 0 saturated heterocycles. The molecule has 0 saturated carbocycles. The van der Waals surface area contributed by atoms with Crippen molar-refractivity contribution < 1.29 is 19.4 Å². The Labute approximate surface area is 134 Å². The number of hydrogen-bond donors (Lipinski definition) is 2. The van der Waals surface area contributed by atoms with Gasteiger partial charge in [-0.2, -0.15) is 0 Å². The lowest BCUT2D eigenvalue weighted by molar-refractivity contribution is -0.131. The Bertz CT molecular complexity index is 693. The van der Waals surface area contributed by atoms with Gasteiger partial charge in [0.25, 0.3) is 0 Å². The molecular weight excluding hydrogens is 294 g/mol. The molecule has 2 aromatic rings. The number of rotatable bonds is 6. The van der Waals surface area contributed by atoms with E-state index in [1.54, 1.807) is 7.11 Å². The van der Waals surface area contributed by atoms with Crippen LogP contribution >= 0.6 is 0 Å². The van der Waals surface area contributed by atoms with Crippen LogP contribution in [0, 0.1) is 0 Å². The highest BCUT2D eigenvalue weighted by Crippen LogP contribution is 2.24. The molecular formula is C18H17NO4. The molecule has 2 N–H and O–H groups in total. The van der Waals surface area contributed by atoms with E-state index in [0.717, 1.165) is 29.0 Å². The Hall–Kier alpha value is -3.08. The quantitative estimate of drug-likeness (QED) is 0.804. The first-order valence-electron chi connectivity index (χ1n) is 7.00. The van der Waals surface area contributed by atoms with Crippen LogP contribution in [0.5, 0.6) is 5.75 Å². The summed E-state index contributed by atoms with van der Waals surface area (Å²) in [4.78, 5) is 22.5. The molecule has 1 amide bonds. The van der Waals surface area contributed by atoms with E-state index in [0.29, 0.717) is 0 Å². The number of carboxylic acid groups (broad SMARTS) is 1. The molecule has 2 rings (SSSR count). The van der Waals surface area contributed by atoms with Gasteiger partial charge < -0.3 is 15.2 Å². The van der Waals surface area contributed by atoms with Crippen LogP contribution in [0.15, 0.2) is 66.7 Å². The highest BCUT2D eigenvalue weighted by Gasteiger charge is 2.15. The summed E-state index contributed by atoms with van der Waals surface area (Å²) >= 11 is 0. The van der Waals surface area contributed by atoms with Crippen LogP contribution in [0.2, 0.25) is 0 Å². The molecule has 0 aliphatic heterocycles. The molecule has 0 heterocycles. The smallest absolute Gasteiger partial charge is 0.328 e. The van der Waals surface area contributed by atoms with Crippen molar-refractivity contribution in [2.75, 3.05) is 7.11 Å². The van der Waals surface area contributed by atoms with Gasteiger partial charge in [0.1, 0.15) is 5.75 Å². The molecule has 2 aromatic carbocycles. The summed E-state index contributed by atoms with van der Waals surface area (Å²) in [6, 6.07) is 16.4. The monoisotopic (exact) mass is 311 g/mol. The van der Waals surface area contributed by atoms with Crippen LogP contribution in [-0.4, -0.2) is 24.1 Å². The van der Waals surface area contributed by atoms with E-state index < -0.39 is 11.9 Å². The van der Waals surface area contributed by atoms with E-state index in [1.807, 2.05) is 54.6 Å². The van der Waals surface area contributed by atoms with Crippen molar-refractivity contribution in [1.82, 2.24) is 5.32 Å². The fourth-order valence-electron chi connectivity index (χ4n) is 2.14. The third-order valence-corrected chi connectivity index (χ3v) is 3.25. The number of aliphatic carboxylic acids is 1. The third kappa shape index (κ3) is 4.71. The lowest BCUT2D eigenvalue weighted by atomic mass is 9.98. The van der Waals surface area contributed by atoms with Gasteiger partial charge in [-0.15, -0.1) is 0 Å². The SMILES string of the molecule is COc1ccc([C@@H](NC(=O)/C=C\C(=O)O)c2ccccc2)cc1. The van der Waals surface area contributed by atoms with Gasteiger partial charge in [0.05, 0.1) is 13.2 Å². The molecule has 118 valence electrons. The maximum atomic E-state index is 11.9. The van der Waals surface area contributed by atoms with E-state index >= 15 is 0 Å². The van der Waals surface area contributed by atoms with Crippen molar-refractivity contribution >= 4 is 11.9 Å². The fraction of sp³-hybridized carbons (Fsp3) is 0.111. The average Bonchev–Trinajstić information content (AvgIpc) is 2.59. The third-order valence-electron chi connectivity index (χ3n) is 3.25. The summed E-state index contributed by atoms with van der Waals surface area (Å²) in [5.74, 6) is -0.921. The van der Waals surface area contributed by atoms with Gasteiger partial charge in [-0.1, -0.05) is 42.5 Å². The maximum Gasteiger partial charge on any atom is 0.328 e. The van der Waals surface area contributed by atoms with E-state index in [9.17, 15) is 9.59 Å². The minimum absolute atomic E-state index is 0.381. The molecule has 5 nitrogen and oxygen atoms in total. The Balaban J connectivity index is 2.28. The molecule has 0 fully saturated rings.